The Morgan fingerprint density at radius 1 is 1.47 bits per heavy atom. The summed E-state index contributed by atoms with van der Waals surface area (Å²) < 4.78 is 0. The van der Waals surface area contributed by atoms with Crippen LogP contribution in [0, 0.1) is 0 Å². The quantitative estimate of drug-likeness (QED) is 0.709. The summed E-state index contributed by atoms with van der Waals surface area (Å²) in [7, 11) is 2.02. The van der Waals surface area contributed by atoms with Crippen molar-refractivity contribution in [3.63, 3.8) is 0 Å². The first kappa shape index (κ1) is 13.5. The van der Waals surface area contributed by atoms with Crippen LogP contribution in [-0.4, -0.2) is 29.8 Å². The van der Waals surface area contributed by atoms with E-state index < -0.39 is 0 Å². The summed E-state index contributed by atoms with van der Waals surface area (Å²) in [5, 5.41) is 0. The lowest BCUT2D eigenvalue weighted by atomic mass is 10.1. The Morgan fingerprint density at radius 3 is 2.84 bits per heavy atom. The molecule has 3 heteroatoms. The fourth-order valence-corrected chi connectivity index (χ4v) is 2.17. The van der Waals surface area contributed by atoms with Crippen LogP contribution in [0.25, 0.3) is 0 Å². The molecule has 0 saturated heterocycles. The van der Waals surface area contributed by atoms with Gasteiger partial charge in [-0.3, -0.25) is 0 Å². The molecule has 0 radical (unpaired) electrons. The van der Waals surface area contributed by atoms with Gasteiger partial charge in [0, 0.05) is 18.2 Å². The second kappa shape index (κ2) is 5.83. The zero-order valence-electron chi connectivity index (χ0n) is 11.9. The van der Waals surface area contributed by atoms with Crippen molar-refractivity contribution in [3.05, 3.63) is 48.1 Å². The molecule has 1 aliphatic heterocycles. The predicted octanol–water partition coefficient (Wildman–Crippen LogP) is 3.48. The van der Waals surface area contributed by atoms with Gasteiger partial charge in [0.05, 0.1) is 0 Å². The maximum atomic E-state index is 4.71. The molecule has 1 atom stereocenters. The van der Waals surface area contributed by atoms with Crippen LogP contribution in [0.3, 0.4) is 0 Å². The third-order valence-electron chi connectivity index (χ3n) is 3.46. The van der Waals surface area contributed by atoms with Gasteiger partial charge in [0.15, 0.2) is 5.84 Å². The minimum Gasteiger partial charge on any atom is -0.337 e. The van der Waals surface area contributed by atoms with Crippen LogP contribution < -0.4 is 0 Å². The van der Waals surface area contributed by atoms with E-state index in [0.717, 1.165) is 35.7 Å². The van der Waals surface area contributed by atoms with Gasteiger partial charge in [-0.05, 0) is 26.7 Å². The number of amidine groups is 2. The Hall–Kier alpha value is -1.90. The van der Waals surface area contributed by atoms with Crippen molar-refractivity contribution in [3.8, 4) is 0 Å². The summed E-state index contributed by atoms with van der Waals surface area (Å²) in [5.74, 6) is 1.77. The van der Waals surface area contributed by atoms with E-state index in [2.05, 4.69) is 41.6 Å². The monoisotopic (exact) mass is 255 g/mol. The molecule has 2 rings (SSSR count). The summed E-state index contributed by atoms with van der Waals surface area (Å²) in [6, 6.07) is 0. The molecule has 2 aliphatic rings. The number of allylic oxidation sites excluding steroid dienone is 3. The van der Waals surface area contributed by atoms with Crippen LogP contribution in [0.5, 0.6) is 0 Å². The Balaban J connectivity index is 2.40. The first-order valence-corrected chi connectivity index (χ1v) is 6.73. The molecule has 1 unspecified atom stereocenters. The maximum Gasteiger partial charge on any atom is 0.158 e. The number of likely N-dealkylation sites (N-methyl/N-ethyl adjacent to an activating group) is 1. The number of nitrogens with zero attached hydrogens (tertiary/aromatic N) is 3. The summed E-state index contributed by atoms with van der Waals surface area (Å²) in [6.45, 7) is 7.94. The van der Waals surface area contributed by atoms with E-state index in [4.69, 9.17) is 4.99 Å². The van der Waals surface area contributed by atoms with Crippen molar-refractivity contribution in [1.82, 2.24) is 4.90 Å². The van der Waals surface area contributed by atoms with E-state index in [-0.39, 0.29) is 6.17 Å². The molecule has 19 heavy (non-hydrogen) atoms. The Labute approximate surface area is 115 Å². The van der Waals surface area contributed by atoms with Gasteiger partial charge < -0.3 is 4.90 Å². The molecular formula is C16H21N3. The van der Waals surface area contributed by atoms with Crippen LogP contribution in [0.15, 0.2) is 58.1 Å². The lowest BCUT2D eigenvalue weighted by Gasteiger charge is -2.30. The number of rotatable bonds is 3. The molecule has 3 nitrogen and oxygen atoms in total. The molecule has 0 N–H and O–H groups in total. The van der Waals surface area contributed by atoms with Gasteiger partial charge in [-0.15, -0.1) is 0 Å². The molecule has 100 valence electrons. The van der Waals surface area contributed by atoms with Gasteiger partial charge in [0.1, 0.15) is 12.0 Å². The van der Waals surface area contributed by atoms with Crippen molar-refractivity contribution in [2.24, 2.45) is 9.98 Å². The van der Waals surface area contributed by atoms with Crippen molar-refractivity contribution in [1.29, 1.82) is 0 Å². The summed E-state index contributed by atoms with van der Waals surface area (Å²) in [5.41, 5.74) is 2.17. The second-order valence-corrected chi connectivity index (χ2v) is 4.72. The topological polar surface area (TPSA) is 28.0 Å². The number of aliphatic imine (C=N–C) groups is 2. The molecule has 0 aromatic heterocycles. The number of hydrogen-bond donors (Lipinski definition) is 0. The highest BCUT2D eigenvalue weighted by atomic mass is 15.3. The lowest BCUT2D eigenvalue weighted by molar-refractivity contribution is 0.398. The fraction of sp³-hybridized carbons (Fsp3) is 0.375. The highest BCUT2D eigenvalue weighted by Crippen LogP contribution is 2.19. The van der Waals surface area contributed by atoms with Crippen molar-refractivity contribution >= 4 is 11.7 Å². The average molecular weight is 255 g/mol. The summed E-state index contributed by atoms with van der Waals surface area (Å²) >= 11 is 0. The first-order valence-electron chi connectivity index (χ1n) is 6.73. The minimum absolute atomic E-state index is 0.0913. The second-order valence-electron chi connectivity index (χ2n) is 4.72. The summed E-state index contributed by atoms with van der Waals surface area (Å²) in [6.07, 6.45) is 12.6. The van der Waals surface area contributed by atoms with Gasteiger partial charge in [-0.2, -0.15) is 0 Å². The molecule has 1 heterocycles. The molecule has 0 fully saturated rings. The highest BCUT2D eigenvalue weighted by molar-refractivity contribution is 6.14. The number of hydrogen-bond acceptors (Lipinski definition) is 3. The van der Waals surface area contributed by atoms with Crippen LogP contribution in [0.4, 0.5) is 0 Å². The van der Waals surface area contributed by atoms with Crippen LogP contribution >= 0.6 is 0 Å². The SMILES string of the molecule is C=C/C(=C\C)C1=NC(C2=CCCC=C2)=NC(C)N1C. The van der Waals surface area contributed by atoms with Gasteiger partial charge >= 0.3 is 0 Å². The summed E-state index contributed by atoms with van der Waals surface area (Å²) in [4.78, 5) is 11.5. The van der Waals surface area contributed by atoms with E-state index in [0.29, 0.717) is 0 Å². The van der Waals surface area contributed by atoms with Crippen LogP contribution in [0.1, 0.15) is 26.7 Å². The van der Waals surface area contributed by atoms with Crippen molar-refractivity contribution in [2.75, 3.05) is 7.05 Å². The molecule has 0 saturated carbocycles. The average Bonchev–Trinajstić information content (AvgIpc) is 2.45. The van der Waals surface area contributed by atoms with E-state index in [1.165, 1.54) is 0 Å². The van der Waals surface area contributed by atoms with Gasteiger partial charge in [0.25, 0.3) is 0 Å². The van der Waals surface area contributed by atoms with Gasteiger partial charge in [0.2, 0.25) is 0 Å². The van der Waals surface area contributed by atoms with Crippen LogP contribution in [0.2, 0.25) is 0 Å². The lowest BCUT2D eigenvalue weighted by Crippen LogP contribution is -2.39. The maximum absolute atomic E-state index is 4.71. The molecule has 0 aromatic carbocycles. The molecule has 0 amide bonds. The van der Waals surface area contributed by atoms with E-state index in [9.17, 15) is 0 Å². The van der Waals surface area contributed by atoms with E-state index in [1.54, 1.807) is 0 Å². The van der Waals surface area contributed by atoms with Gasteiger partial charge in [-0.1, -0.05) is 37.0 Å². The molecular weight excluding hydrogens is 234 g/mol. The molecule has 0 spiro atoms. The Morgan fingerprint density at radius 2 is 2.26 bits per heavy atom. The zero-order chi connectivity index (χ0) is 13.8. The first-order chi connectivity index (χ1) is 9.17. The highest BCUT2D eigenvalue weighted by Gasteiger charge is 2.22. The predicted molar refractivity (Wildman–Crippen MR) is 82.5 cm³/mol. The smallest absolute Gasteiger partial charge is 0.158 e. The fourth-order valence-electron chi connectivity index (χ4n) is 2.17. The van der Waals surface area contributed by atoms with Gasteiger partial charge in [-0.25, -0.2) is 9.98 Å². The largest absolute Gasteiger partial charge is 0.337 e. The van der Waals surface area contributed by atoms with E-state index in [1.807, 2.05) is 26.1 Å². The Kier molecular flexibility index (Phi) is 4.15. The molecule has 0 aromatic rings. The molecule has 1 aliphatic carbocycles. The molecule has 0 bridgehead atoms. The normalized spacial score (nSPS) is 23.7. The van der Waals surface area contributed by atoms with Crippen molar-refractivity contribution in [2.45, 2.75) is 32.9 Å². The minimum atomic E-state index is 0.0913. The van der Waals surface area contributed by atoms with Crippen molar-refractivity contribution < 1.29 is 0 Å². The standard InChI is InChI=1S/C16H21N3/c1-5-13(6-2)16-18-15(17-12(3)19(16)4)14-10-8-7-9-11-14/h5-6,8,10-12H,1,7,9H2,2-4H3/b13-6+. The Bertz CT molecular complexity index is 518. The van der Waals surface area contributed by atoms with E-state index >= 15 is 0 Å². The zero-order valence-corrected chi connectivity index (χ0v) is 11.9. The van der Waals surface area contributed by atoms with Crippen LogP contribution in [-0.2, 0) is 0 Å². The third kappa shape index (κ3) is 2.75. The third-order valence-corrected chi connectivity index (χ3v) is 3.46.